The van der Waals surface area contributed by atoms with Gasteiger partial charge in [0.25, 0.3) is 11.6 Å². The summed E-state index contributed by atoms with van der Waals surface area (Å²) >= 11 is 0. The van der Waals surface area contributed by atoms with Crippen molar-refractivity contribution < 1.29 is 14.5 Å². The molecule has 1 aromatic carbocycles. The third-order valence-corrected chi connectivity index (χ3v) is 2.75. The highest BCUT2D eigenvalue weighted by atomic mass is 16.6. The molecular formula is C13H18N2O4. The molecule has 0 aliphatic carbocycles. The average molecular weight is 266 g/mol. The van der Waals surface area contributed by atoms with E-state index in [4.69, 9.17) is 4.74 Å². The smallest absolute Gasteiger partial charge is 0.272 e. The number of amides is 1. The van der Waals surface area contributed by atoms with Gasteiger partial charge < -0.3 is 10.1 Å². The molecule has 104 valence electrons. The Kier molecular flexibility index (Phi) is 5.29. The number of aryl methyl sites for hydroxylation is 1. The molecule has 6 heteroatoms. The third-order valence-electron chi connectivity index (χ3n) is 2.75. The molecule has 1 unspecified atom stereocenters. The van der Waals surface area contributed by atoms with Crippen molar-refractivity contribution in [3.8, 4) is 5.75 Å². The van der Waals surface area contributed by atoms with Crippen molar-refractivity contribution in [1.29, 1.82) is 0 Å². The first-order valence-electron chi connectivity index (χ1n) is 6.11. The summed E-state index contributed by atoms with van der Waals surface area (Å²) < 4.78 is 5.29. The molecule has 0 radical (unpaired) electrons. The van der Waals surface area contributed by atoms with Crippen molar-refractivity contribution in [2.24, 2.45) is 0 Å². The van der Waals surface area contributed by atoms with E-state index in [0.717, 1.165) is 6.42 Å². The van der Waals surface area contributed by atoms with Crippen LogP contribution in [0.25, 0.3) is 0 Å². The number of rotatable bonds is 6. The second-order valence-electron chi connectivity index (χ2n) is 4.37. The van der Waals surface area contributed by atoms with Crippen molar-refractivity contribution in [3.63, 3.8) is 0 Å². The van der Waals surface area contributed by atoms with Crippen LogP contribution < -0.4 is 10.1 Å². The van der Waals surface area contributed by atoms with Crippen LogP contribution in [0.1, 0.15) is 25.8 Å². The minimum absolute atomic E-state index is 0.0383. The van der Waals surface area contributed by atoms with Crippen molar-refractivity contribution in [2.75, 3.05) is 6.61 Å². The lowest BCUT2D eigenvalue weighted by molar-refractivity contribution is -0.385. The van der Waals surface area contributed by atoms with Gasteiger partial charge in [-0.3, -0.25) is 14.9 Å². The van der Waals surface area contributed by atoms with E-state index in [9.17, 15) is 14.9 Å². The molecule has 0 saturated carbocycles. The summed E-state index contributed by atoms with van der Waals surface area (Å²) in [6.07, 6.45) is 0.850. The van der Waals surface area contributed by atoms with Crippen LogP contribution in [0.4, 0.5) is 5.69 Å². The monoisotopic (exact) mass is 266 g/mol. The molecule has 0 aromatic heterocycles. The van der Waals surface area contributed by atoms with Crippen LogP contribution in [0, 0.1) is 17.0 Å². The van der Waals surface area contributed by atoms with E-state index >= 15 is 0 Å². The first kappa shape index (κ1) is 14.9. The van der Waals surface area contributed by atoms with Gasteiger partial charge in [-0.05, 0) is 32.4 Å². The topological polar surface area (TPSA) is 81.5 Å². The SMILES string of the molecule is CCC(C)NC(=O)COc1ccc([N+](=O)[O-])c(C)c1. The van der Waals surface area contributed by atoms with E-state index < -0.39 is 4.92 Å². The number of nitrogens with one attached hydrogen (secondary N) is 1. The molecule has 0 bridgehead atoms. The molecule has 19 heavy (non-hydrogen) atoms. The van der Waals surface area contributed by atoms with Crippen LogP contribution in [0.2, 0.25) is 0 Å². The molecule has 6 nitrogen and oxygen atoms in total. The summed E-state index contributed by atoms with van der Waals surface area (Å²) in [7, 11) is 0. The van der Waals surface area contributed by atoms with E-state index in [1.165, 1.54) is 12.1 Å². The number of carbonyl (C=O) groups is 1. The maximum absolute atomic E-state index is 11.5. The first-order valence-corrected chi connectivity index (χ1v) is 6.11. The standard InChI is InChI=1S/C13H18N2O4/c1-4-10(3)14-13(16)8-19-11-5-6-12(15(17)18)9(2)7-11/h5-7,10H,4,8H2,1-3H3,(H,14,16). The lowest BCUT2D eigenvalue weighted by Crippen LogP contribution is -2.35. The fraction of sp³-hybridized carbons (Fsp3) is 0.462. The first-order chi connectivity index (χ1) is 8.93. The van der Waals surface area contributed by atoms with Crippen LogP contribution in [0.15, 0.2) is 18.2 Å². The Morgan fingerprint density at radius 1 is 1.53 bits per heavy atom. The molecule has 0 aliphatic heterocycles. The van der Waals surface area contributed by atoms with Crippen molar-refractivity contribution in [1.82, 2.24) is 5.32 Å². The molecule has 1 atom stereocenters. The number of nitro benzene ring substituents is 1. The Labute approximate surface area is 111 Å². The van der Waals surface area contributed by atoms with E-state index in [-0.39, 0.29) is 24.2 Å². The van der Waals surface area contributed by atoms with Gasteiger partial charge >= 0.3 is 0 Å². The number of nitrogens with zero attached hydrogens (tertiary/aromatic N) is 1. The van der Waals surface area contributed by atoms with Crippen LogP contribution in [0.5, 0.6) is 5.75 Å². The summed E-state index contributed by atoms with van der Waals surface area (Å²) in [4.78, 5) is 21.7. The lowest BCUT2D eigenvalue weighted by atomic mass is 10.2. The predicted octanol–water partition coefficient (Wildman–Crippen LogP) is 2.20. The minimum atomic E-state index is -0.450. The lowest BCUT2D eigenvalue weighted by Gasteiger charge is -2.12. The third kappa shape index (κ3) is 4.57. The quantitative estimate of drug-likeness (QED) is 0.632. The van der Waals surface area contributed by atoms with Crippen LogP contribution in [0.3, 0.4) is 0 Å². The zero-order valence-corrected chi connectivity index (χ0v) is 11.3. The molecule has 0 aliphatic rings. The zero-order chi connectivity index (χ0) is 14.4. The van der Waals surface area contributed by atoms with Crippen LogP contribution in [-0.4, -0.2) is 23.5 Å². The van der Waals surface area contributed by atoms with Gasteiger partial charge in [-0.1, -0.05) is 6.92 Å². The Balaban J connectivity index is 2.57. The summed E-state index contributed by atoms with van der Waals surface area (Å²) in [5, 5.41) is 13.4. The number of ether oxygens (including phenoxy) is 1. The normalized spacial score (nSPS) is 11.7. The van der Waals surface area contributed by atoms with Crippen molar-refractivity contribution >= 4 is 11.6 Å². The molecule has 0 fully saturated rings. The zero-order valence-electron chi connectivity index (χ0n) is 11.3. The fourth-order valence-corrected chi connectivity index (χ4v) is 1.49. The predicted molar refractivity (Wildman–Crippen MR) is 71.2 cm³/mol. The second kappa shape index (κ2) is 6.72. The van der Waals surface area contributed by atoms with Gasteiger partial charge in [-0.2, -0.15) is 0 Å². The maximum Gasteiger partial charge on any atom is 0.272 e. The molecule has 0 spiro atoms. The Morgan fingerprint density at radius 2 is 2.21 bits per heavy atom. The fourth-order valence-electron chi connectivity index (χ4n) is 1.49. The number of hydrogen-bond acceptors (Lipinski definition) is 4. The van der Waals surface area contributed by atoms with Crippen LogP contribution >= 0.6 is 0 Å². The van der Waals surface area contributed by atoms with Crippen LogP contribution in [-0.2, 0) is 4.79 Å². The molecule has 1 N–H and O–H groups in total. The van der Waals surface area contributed by atoms with E-state index in [1.54, 1.807) is 13.0 Å². The van der Waals surface area contributed by atoms with Gasteiger partial charge in [0.15, 0.2) is 6.61 Å². The summed E-state index contributed by atoms with van der Waals surface area (Å²) in [6.45, 7) is 5.42. The Hall–Kier alpha value is -2.11. The maximum atomic E-state index is 11.5. The van der Waals surface area contributed by atoms with E-state index in [1.807, 2.05) is 13.8 Å². The van der Waals surface area contributed by atoms with E-state index in [0.29, 0.717) is 11.3 Å². The van der Waals surface area contributed by atoms with Crippen molar-refractivity contribution in [2.45, 2.75) is 33.2 Å². The molecule has 0 heterocycles. The summed E-state index contributed by atoms with van der Waals surface area (Å²) in [5.41, 5.74) is 0.543. The van der Waals surface area contributed by atoms with E-state index in [2.05, 4.69) is 5.32 Å². The Morgan fingerprint density at radius 3 is 2.74 bits per heavy atom. The summed E-state index contributed by atoms with van der Waals surface area (Å²) in [5.74, 6) is 0.243. The summed E-state index contributed by atoms with van der Waals surface area (Å²) in [6, 6.07) is 4.52. The van der Waals surface area contributed by atoms with Gasteiger partial charge in [-0.15, -0.1) is 0 Å². The number of carbonyl (C=O) groups excluding carboxylic acids is 1. The number of nitro groups is 1. The average Bonchev–Trinajstić information content (AvgIpc) is 2.35. The molecule has 1 aromatic rings. The molecule has 0 saturated heterocycles. The highest BCUT2D eigenvalue weighted by molar-refractivity contribution is 5.77. The molecule has 1 amide bonds. The van der Waals surface area contributed by atoms with Gasteiger partial charge in [0.1, 0.15) is 5.75 Å². The van der Waals surface area contributed by atoms with Gasteiger partial charge in [0.05, 0.1) is 4.92 Å². The molecular weight excluding hydrogens is 248 g/mol. The highest BCUT2D eigenvalue weighted by Gasteiger charge is 2.11. The largest absolute Gasteiger partial charge is 0.484 e. The van der Waals surface area contributed by atoms with Gasteiger partial charge in [-0.25, -0.2) is 0 Å². The highest BCUT2D eigenvalue weighted by Crippen LogP contribution is 2.22. The molecule has 1 rings (SSSR count). The second-order valence-corrected chi connectivity index (χ2v) is 4.37. The van der Waals surface area contributed by atoms with Crippen molar-refractivity contribution in [3.05, 3.63) is 33.9 Å². The number of benzene rings is 1. The number of hydrogen-bond donors (Lipinski definition) is 1. The van der Waals surface area contributed by atoms with Gasteiger partial charge in [0, 0.05) is 17.7 Å². The van der Waals surface area contributed by atoms with Gasteiger partial charge in [0.2, 0.25) is 0 Å². The minimum Gasteiger partial charge on any atom is -0.484 e. The Bertz CT molecular complexity index is 474.